The predicted molar refractivity (Wildman–Crippen MR) is 56.6 cm³/mol. The molecule has 1 fully saturated rings. The molecule has 1 amide bonds. The van der Waals surface area contributed by atoms with Crippen molar-refractivity contribution >= 4 is 5.91 Å². The molecule has 1 aliphatic heterocycles. The number of hydrogen-bond donors (Lipinski definition) is 2. The van der Waals surface area contributed by atoms with Gasteiger partial charge in [0.05, 0.1) is 18.7 Å². The number of nitrogens with one attached hydrogen (secondary N) is 1. The smallest absolute Gasteiger partial charge is 0.234 e. The van der Waals surface area contributed by atoms with Crippen LogP contribution in [0.1, 0.15) is 12.8 Å². The number of likely N-dealkylation sites (N-methyl/N-ethyl adjacent to an activating group) is 1. The molecule has 5 heteroatoms. The van der Waals surface area contributed by atoms with Gasteiger partial charge in [0, 0.05) is 13.2 Å². The van der Waals surface area contributed by atoms with Crippen molar-refractivity contribution in [3.05, 3.63) is 0 Å². The number of carbonyl (C=O) groups excluding carboxylic acids is 1. The number of ether oxygens (including phenoxy) is 1. The monoisotopic (exact) mass is 216 g/mol. The molecule has 0 radical (unpaired) electrons. The summed E-state index contributed by atoms with van der Waals surface area (Å²) in [4.78, 5) is 13.4. The van der Waals surface area contributed by atoms with Gasteiger partial charge in [-0.1, -0.05) is 0 Å². The second-order valence-electron chi connectivity index (χ2n) is 4.34. The van der Waals surface area contributed by atoms with E-state index in [2.05, 4.69) is 5.32 Å². The Morgan fingerprint density at radius 2 is 2.07 bits per heavy atom. The van der Waals surface area contributed by atoms with Gasteiger partial charge in [0.25, 0.3) is 0 Å². The highest BCUT2D eigenvalue weighted by molar-refractivity contribution is 5.78. The van der Waals surface area contributed by atoms with E-state index in [1.165, 1.54) is 0 Å². The average Bonchev–Trinajstić information content (AvgIpc) is 2.17. The molecule has 5 nitrogen and oxygen atoms in total. The first-order valence-corrected chi connectivity index (χ1v) is 5.22. The minimum absolute atomic E-state index is 0.0183. The lowest BCUT2D eigenvalue weighted by atomic mass is 9.91. The third-order valence-corrected chi connectivity index (χ3v) is 2.62. The Morgan fingerprint density at radius 3 is 2.53 bits per heavy atom. The van der Waals surface area contributed by atoms with Crippen LogP contribution in [0.25, 0.3) is 0 Å². The Bertz CT molecular complexity index is 213. The number of aliphatic hydroxyl groups is 1. The topological polar surface area (TPSA) is 61.8 Å². The van der Waals surface area contributed by atoms with Crippen LogP contribution < -0.4 is 5.32 Å². The van der Waals surface area contributed by atoms with Gasteiger partial charge in [-0.2, -0.15) is 0 Å². The lowest BCUT2D eigenvalue weighted by molar-refractivity contribution is -0.125. The molecule has 1 heterocycles. The van der Waals surface area contributed by atoms with Crippen LogP contribution in [0.4, 0.5) is 0 Å². The van der Waals surface area contributed by atoms with Crippen molar-refractivity contribution in [1.29, 1.82) is 0 Å². The molecular formula is C10H20N2O3. The van der Waals surface area contributed by atoms with Gasteiger partial charge in [-0.15, -0.1) is 0 Å². The highest BCUT2D eigenvalue weighted by atomic mass is 16.5. The van der Waals surface area contributed by atoms with Crippen LogP contribution in [0.5, 0.6) is 0 Å². The van der Waals surface area contributed by atoms with Crippen molar-refractivity contribution in [1.82, 2.24) is 10.2 Å². The zero-order valence-electron chi connectivity index (χ0n) is 9.45. The summed E-state index contributed by atoms with van der Waals surface area (Å²) in [5.41, 5.74) is -0.467. The molecule has 88 valence electrons. The quantitative estimate of drug-likeness (QED) is 0.646. The van der Waals surface area contributed by atoms with E-state index in [1.54, 1.807) is 4.90 Å². The molecular weight excluding hydrogens is 196 g/mol. The van der Waals surface area contributed by atoms with E-state index in [-0.39, 0.29) is 12.5 Å². The van der Waals surface area contributed by atoms with Crippen LogP contribution >= 0.6 is 0 Å². The van der Waals surface area contributed by atoms with Crippen molar-refractivity contribution in [2.75, 3.05) is 40.5 Å². The highest BCUT2D eigenvalue weighted by Gasteiger charge is 2.33. The fourth-order valence-corrected chi connectivity index (χ4v) is 1.71. The maximum Gasteiger partial charge on any atom is 0.234 e. The summed E-state index contributed by atoms with van der Waals surface area (Å²) in [6, 6.07) is 0. The van der Waals surface area contributed by atoms with Crippen LogP contribution in [0.15, 0.2) is 0 Å². The first kappa shape index (κ1) is 12.4. The molecule has 1 aliphatic rings. The second-order valence-corrected chi connectivity index (χ2v) is 4.34. The number of hydrogen-bond acceptors (Lipinski definition) is 4. The van der Waals surface area contributed by atoms with E-state index in [0.29, 0.717) is 32.6 Å². The molecule has 0 bridgehead atoms. The minimum Gasteiger partial charge on any atom is -0.394 e. The summed E-state index contributed by atoms with van der Waals surface area (Å²) in [6.07, 6.45) is 1.37. The predicted octanol–water partition coefficient (Wildman–Crippen LogP) is -0.794. The van der Waals surface area contributed by atoms with E-state index < -0.39 is 5.54 Å². The van der Waals surface area contributed by atoms with Crippen molar-refractivity contribution in [3.8, 4) is 0 Å². The molecule has 0 aromatic rings. The zero-order chi connectivity index (χ0) is 11.3. The standard InChI is InChI=1S/C10H20N2O3/c1-12(2)7-9(14)11-10(8-13)3-5-15-6-4-10/h13H,3-8H2,1-2H3,(H,11,14). The molecule has 0 atom stereocenters. The fraction of sp³-hybridized carbons (Fsp3) is 0.900. The van der Waals surface area contributed by atoms with Crippen LogP contribution in [0.2, 0.25) is 0 Å². The fourth-order valence-electron chi connectivity index (χ4n) is 1.71. The normalized spacial score (nSPS) is 20.3. The van der Waals surface area contributed by atoms with Crippen LogP contribution in [0.3, 0.4) is 0 Å². The van der Waals surface area contributed by atoms with Gasteiger partial charge in [-0.25, -0.2) is 0 Å². The molecule has 2 N–H and O–H groups in total. The molecule has 0 saturated carbocycles. The Kier molecular flexibility index (Phi) is 4.50. The number of amides is 1. The van der Waals surface area contributed by atoms with Crippen molar-refractivity contribution < 1.29 is 14.6 Å². The van der Waals surface area contributed by atoms with Gasteiger partial charge in [-0.05, 0) is 26.9 Å². The second kappa shape index (κ2) is 5.44. The lowest BCUT2D eigenvalue weighted by Gasteiger charge is -2.36. The van der Waals surface area contributed by atoms with Gasteiger partial charge < -0.3 is 20.1 Å². The van der Waals surface area contributed by atoms with Gasteiger partial charge >= 0.3 is 0 Å². The molecule has 1 rings (SSSR count). The Balaban J connectivity index is 2.47. The van der Waals surface area contributed by atoms with Crippen LogP contribution in [-0.2, 0) is 9.53 Å². The maximum atomic E-state index is 11.6. The SMILES string of the molecule is CN(C)CC(=O)NC1(CO)CCOCC1. The van der Waals surface area contributed by atoms with E-state index in [9.17, 15) is 9.90 Å². The highest BCUT2D eigenvalue weighted by Crippen LogP contribution is 2.19. The molecule has 1 saturated heterocycles. The first-order chi connectivity index (χ1) is 7.08. The average molecular weight is 216 g/mol. The van der Waals surface area contributed by atoms with E-state index in [0.717, 1.165) is 0 Å². The van der Waals surface area contributed by atoms with Gasteiger partial charge in [-0.3, -0.25) is 4.79 Å². The Hall–Kier alpha value is -0.650. The van der Waals surface area contributed by atoms with Gasteiger partial charge in [0.15, 0.2) is 0 Å². The molecule has 0 aromatic carbocycles. The molecule has 15 heavy (non-hydrogen) atoms. The van der Waals surface area contributed by atoms with E-state index in [1.807, 2.05) is 14.1 Å². The zero-order valence-corrected chi connectivity index (χ0v) is 9.45. The number of nitrogens with zero attached hydrogens (tertiary/aromatic N) is 1. The van der Waals surface area contributed by atoms with E-state index in [4.69, 9.17) is 4.74 Å². The lowest BCUT2D eigenvalue weighted by Crippen LogP contribution is -2.56. The summed E-state index contributed by atoms with van der Waals surface area (Å²) < 4.78 is 5.22. The Labute approximate surface area is 90.4 Å². The largest absolute Gasteiger partial charge is 0.394 e. The minimum atomic E-state index is -0.467. The van der Waals surface area contributed by atoms with E-state index >= 15 is 0 Å². The molecule has 0 unspecified atom stereocenters. The summed E-state index contributed by atoms with van der Waals surface area (Å²) in [5.74, 6) is -0.0454. The third kappa shape index (κ3) is 3.77. The van der Waals surface area contributed by atoms with Gasteiger partial charge in [0.1, 0.15) is 0 Å². The maximum absolute atomic E-state index is 11.6. The molecule has 0 aliphatic carbocycles. The van der Waals surface area contributed by atoms with Crippen molar-refractivity contribution in [2.24, 2.45) is 0 Å². The molecule has 0 aromatic heterocycles. The van der Waals surface area contributed by atoms with Gasteiger partial charge in [0.2, 0.25) is 5.91 Å². The summed E-state index contributed by atoms with van der Waals surface area (Å²) in [7, 11) is 3.68. The van der Waals surface area contributed by atoms with Crippen molar-refractivity contribution in [3.63, 3.8) is 0 Å². The van der Waals surface area contributed by atoms with Crippen molar-refractivity contribution in [2.45, 2.75) is 18.4 Å². The first-order valence-electron chi connectivity index (χ1n) is 5.22. The molecule has 0 spiro atoms. The third-order valence-electron chi connectivity index (χ3n) is 2.62. The van der Waals surface area contributed by atoms with Crippen LogP contribution in [-0.4, -0.2) is 61.9 Å². The number of carbonyl (C=O) groups is 1. The van der Waals surface area contributed by atoms with Crippen LogP contribution in [0, 0.1) is 0 Å². The summed E-state index contributed by atoms with van der Waals surface area (Å²) >= 11 is 0. The Morgan fingerprint density at radius 1 is 1.47 bits per heavy atom. The summed E-state index contributed by atoms with van der Waals surface area (Å²) in [6.45, 7) is 1.53. The summed E-state index contributed by atoms with van der Waals surface area (Å²) in [5, 5.41) is 12.2. The number of aliphatic hydroxyl groups excluding tert-OH is 1. The number of rotatable bonds is 4.